The minimum atomic E-state index is -0.483. The van der Waals surface area contributed by atoms with Crippen LogP contribution in [0, 0.1) is 5.92 Å². The van der Waals surface area contributed by atoms with Gasteiger partial charge in [-0.25, -0.2) is 14.8 Å². The van der Waals surface area contributed by atoms with Crippen LogP contribution < -0.4 is 15.4 Å². The number of fused-ring (bicyclic) bond motifs is 4. The Hall–Kier alpha value is -3.93. The molecular weight excluding hydrogens is 518 g/mol. The molecule has 0 spiro atoms. The SMILES string of the molecule is CC(C)OC(=O)NC[C@@H](C)Oc1cc2[nH]ncc2cc1Nc1ncnc2sc3c(c12)CC[C@H](C(=O)N(C)C)C3. The van der Waals surface area contributed by atoms with Gasteiger partial charge in [-0.15, -0.1) is 11.3 Å². The number of hydrogen-bond acceptors (Lipinski definition) is 9. The molecule has 1 aliphatic carbocycles. The van der Waals surface area contributed by atoms with E-state index in [2.05, 4.69) is 30.8 Å². The smallest absolute Gasteiger partial charge is 0.407 e. The Balaban J connectivity index is 1.42. The van der Waals surface area contributed by atoms with Crippen LogP contribution in [-0.2, 0) is 22.4 Å². The lowest BCUT2D eigenvalue weighted by atomic mass is 9.87. The number of nitrogens with one attached hydrogen (secondary N) is 3. The van der Waals surface area contributed by atoms with Gasteiger partial charge in [0.05, 0.1) is 35.4 Å². The lowest BCUT2D eigenvalue weighted by Gasteiger charge is -2.24. The maximum atomic E-state index is 12.6. The number of carbonyl (C=O) groups is 2. The monoisotopic (exact) mass is 551 g/mol. The molecule has 0 unspecified atom stereocenters. The van der Waals surface area contributed by atoms with E-state index in [1.807, 2.05) is 19.1 Å². The van der Waals surface area contributed by atoms with Crippen molar-refractivity contribution in [2.24, 2.45) is 5.92 Å². The van der Waals surface area contributed by atoms with Crippen molar-refractivity contribution < 1.29 is 19.1 Å². The molecule has 2 amide bonds. The van der Waals surface area contributed by atoms with Crippen molar-refractivity contribution >= 4 is 56.0 Å². The van der Waals surface area contributed by atoms with Crippen LogP contribution in [0.4, 0.5) is 16.3 Å². The molecule has 2 atom stereocenters. The molecule has 3 N–H and O–H groups in total. The fourth-order valence-corrected chi connectivity index (χ4v) is 6.08. The zero-order chi connectivity index (χ0) is 27.7. The van der Waals surface area contributed by atoms with Crippen LogP contribution in [0.25, 0.3) is 21.1 Å². The minimum absolute atomic E-state index is 0.0126. The van der Waals surface area contributed by atoms with Crippen molar-refractivity contribution in [3.8, 4) is 5.75 Å². The number of H-pyrrole nitrogens is 1. The Morgan fingerprint density at radius 3 is 2.82 bits per heavy atom. The van der Waals surface area contributed by atoms with Crippen molar-refractivity contribution in [3.63, 3.8) is 0 Å². The summed E-state index contributed by atoms with van der Waals surface area (Å²) in [5, 5.41) is 15.3. The number of thiophene rings is 1. The summed E-state index contributed by atoms with van der Waals surface area (Å²) in [6.45, 7) is 5.75. The maximum Gasteiger partial charge on any atom is 0.407 e. The molecular formula is C27H33N7O4S. The molecule has 12 heteroatoms. The largest absolute Gasteiger partial charge is 0.487 e. The Morgan fingerprint density at radius 1 is 1.23 bits per heavy atom. The third-order valence-corrected chi connectivity index (χ3v) is 7.80. The number of rotatable bonds is 8. The molecule has 0 fully saturated rings. The fraction of sp³-hybridized carbons (Fsp3) is 0.444. The fourth-order valence-electron chi connectivity index (χ4n) is 4.82. The highest BCUT2D eigenvalue weighted by molar-refractivity contribution is 7.19. The first-order chi connectivity index (χ1) is 18.7. The van der Waals surface area contributed by atoms with Gasteiger partial charge in [0, 0.05) is 36.3 Å². The average Bonchev–Trinajstić information content (AvgIpc) is 3.50. The van der Waals surface area contributed by atoms with E-state index in [-0.39, 0.29) is 30.6 Å². The molecule has 0 saturated carbocycles. The summed E-state index contributed by atoms with van der Waals surface area (Å²) < 4.78 is 11.4. The second-order valence-corrected chi connectivity index (χ2v) is 11.4. The molecule has 0 aliphatic heterocycles. The predicted molar refractivity (Wildman–Crippen MR) is 151 cm³/mol. The molecule has 0 radical (unpaired) electrons. The molecule has 1 aliphatic rings. The Labute approximate surface area is 230 Å². The van der Waals surface area contributed by atoms with Crippen molar-refractivity contribution in [2.45, 2.75) is 52.2 Å². The summed E-state index contributed by atoms with van der Waals surface area (Å²) in [5.41, 5.74) is 2.75. The molecule has 5 rings (SSSR count). The summed E-state index contributed by atoms with van der Waals surface area (Å²) in [6.07, 6.45) is 4.58. The summed E-state index contributed by atoms with van der Waals surface area (Å²) >= 11 is 1.63. The van der Waals surface area contributed by atoms with Crippen LogP contribution in [0.3, 0.4) is 0 Å². The highest BCUT2D eigenvalue weighted by atomic mass is 32.1. The number of amides is 2. The third kappa shape index (κ3) is 5.75. The van der Waals surface area contributed by atoms with Crippen LogP contribution in [0.2, 0.25) is 0 Å². The Morgan fingerprint density at radius 2 is 2.05 bits per heavy atom. The van der Waals surface area contributed by atoms with E-state index in [1.165, 1.54) is 10.4 Å². The number of nitrogens with zero attached hydrogens (tertiary/aromatic N) is 4. The standard InChI is InChI=1S/C27H33N7O4S/c1-14(2)37-27(36)28-11-15(3)38-21-10-19-17(12-31-33-19)8-20(21)32-24-23-18-7-6-16(26(35)34(4)5)9-22(18)39-25(23)30-13-29-24/h8,10,12-16H,6-7,9,11H2,1-5H3,(H,28,36)(H,31,33)(H,29,30,32)/t15-,16+/m1/s1. The number of carbonyl (C=O) groups excluding carboxylic acids is 2. The second-order valence-electron chi connectivity index (χ2n) is 10.3. The van der Waals surface area contributed by atoms with E-state index in [4.69, 9.17) is 9.47 Å². The first-order valence-electron chi connectivity index (χ1n) is 13.0. The van der Waals surface area contributed by atoms with Gasteiger partial charge in [-0.05, 0) is 51.7 Å². The molecule has 3 heterocycles. The van der Waals surface area contributed by atoms with Gasteiger partial charge in [-0.3, -0.25) is 9.89 Å². The number of benzene rings is 1. The number of ether oxygens (including phenoxy) is 2. The predicted octanol–water partition coefficient (Wildman–Crippen LogP) is 4.41. The number of aryl methyl sites for hydroxylation is 1. The van der Waals surface area contributed by atoms with Gasteiger partial charge >= 0.3 is 6.09 Å². The van der Waals surface area contributed by atoms with Gasteiger partial charge in [-0.2, -0.15) is 5.10 Å². The van der Waals surface area contributed by atoms with E-state index < -0.39 is 6.09 Å². The summed E-state index contributed by atoms with van der Waals surface area (Å²) in [7, 11) is 3.61. The molecule has 11 nitrogen and oxygen atoms in total. The zero-order valence-electron chi connectivity index (χ0n) is 22.7. The van der Waals surface area contributed by atoms with Crippen LogP contribution in [-0.4, -0.2) is 69.9 Å². The number of hydrogen-bond donors (Lipinski definition) is 3. The highest BCUT2D eigenvalue weighted by Crippen LogP contribution is 2.42. The number of aromatic nitrogens is 4. The molecule has 206 valence electrons. The van der Waals surface area contributed by atoms with Gasteiger partial charge in [-0.1, -0.05) is 0 Å². The van der Waals surface area contributed by atoms with Gasteiger partial charge < -0.3 is 25.0 Å². The van der Waals surface area contributed by atoms with E-state index >= 15 is 0 Å². The summed E-state index contributed by atoms with van der Waals surface area (Å²) in [5.74, 6) is 1.43. The summed E-state index contributed by atoms with van der Waals surface area (Å²) in [4.78, 5) is 37.4. The van der Waals surface area contributed by atoms with Gasteiger partial charge in [0.25, 0.3) is 0 Å². The first kappa shape index (κ1) is 26.7. The van der Waals surface area contributed by atoms with Crippen LogP contribution in [0.1, 0.15) is 37.6 Å². The van der Waals surface area contributed by atoms with Crippen molar-refractivity contribution in [3.05, 3.63) is 35.1 Å². The van der Waals surface area contributed by atoms with E-state index in [0.717, 1.165) is 39.6 Å². The quantitative estimate of drug-likeness (QED) is 0.293. The van der Waals surface area contributed by atoms with Crippen LogP contribution >= 0.6 is 11.3 Å². The van der Waals surface area contributed by atoms with Gasteiger partial charge in [0.15, 0.2) is 0 Å². The average molecular weight is 552 g/mol. The van der Waals surface area contributed by atoms with Crippen LogP contribution in [0.5, 0.6) is 5.75 Å². The second kappa shape index (κ2) is 11.0. The van der Waals surface area contributed by atoms with Gasteiger partial charge in [0.1, 0.15) is 28.8 Å². The number of anilines is 2. The molecule has 0 saturated heterocycles. The highest BCUT2D eigenvalue weighted by Gasteiger charge is 2.30. The number of aromatic amines is 1. The normalized spacial score (nSPS) is 15.7. The van der Waals surface area contributed by atoms with Crippen molar-refractivity contribution in [1.29, 1.82) is 0 Å². The molecule has 39 heavy (non-hydrogen) atoms. The lowest BCUT2D eigenvalue weighted by Crippen LogP contribution is -2.35. The minimum Gasteiger partial charge on any atom is -0.487 e. The Kier molecular flexibility index (Phi) is 7.56. The molecule has 0 bridgehead atoms. The molecule has 1 aromatic carbocycles. The molecule has 4 aromatic rings. The topological polar surface area (TPSA) is 134 Å². The van der Waals surface area contributed by atoms with Gasteiger partial charge in [0.2, 0.25) is 5.91 Å². The summed E-state index contributed by atoms with van der Waals surface area (Å²) in [6, 6.07) is 3.84. The number of alkyl carbamates (subject to hydrolysis) is 1. The van der Waals surface area contributed by atoms with Crippen molar-refractivity contribution in [1.82, 2.24) is 30.4 Å². The zero-order valence-corrected chi connectivity index (χ0v) is 23.5. The third-order valence-electron chi connectivity index (χ3n) is 6.63. The van der Waals surface area contributed by atoms with Crippen LogP contribution in [0.15, 0.2) is 24.7 Å². The molecule has 3 aromatic heterocycles. The van der Waals surface area contributed by atoms with Crippen molar-refractivity contribution in [2.75, 3.05) is 26.0 Å². The van der Waals surface area contributed by atoms with E-state index in [0.29, 0.717) is 18.0 Å². The van der Waals surface area contributed by atoms with E-state index in [9.17, 15) is 9.59 Å². The lowest BCUT2D eigenvalue weighted by molar-refractivity contribution is -0.133. The maximum absolute atomic E-state index is 12.6. The Bertz CT molecular complexity index is 1510. The van der Waals surface area contributed by atoms with E-state index in [1.54, 1.807) is 56.7 Å². The first-order valence-corrected chi connectivity index (χ1v) is 13.8.